The van der Waals surface area contributed by atoms with Crippen LogP contribution >= 0.6 is 0 Å². The average Bonchev–Trinajstić information content (AvgIpc) is 2.64. The Labute approximate surface area is 138 Å². The van der Waals surface area contributed by atoms with Crippen molar-refractivity contribution in [3.05, 3.63) is 12.7 Å². The molecule has 6 unspecified atom stereocenters. The van der Waals surface area contributed by atoms with Crippen molar-refractivity contribution in [3.8, 4) is 0 Å². The molecule has 126 valence electrons. The summed E-state index contributed by atoms with van der Waals surface area (Å²) in [5.41, 5.74) is -1.08. The summed E-state index contributed by atoms with van der Waals surface area (Å²) >= 11 is 0. The summed E-state index contributed by atoms with van der Waals surface area (Å²) in [6.07, 6.45) is 8.41. The number of ether oxygens (including phenoxy) is 1. The second-order valence-electron chi connectivity index (χ2n) is 9.33. The second kappa shape index (κ2) is 4.29. The molecule has 1 heterocycles. The molecule has 4 rings (SSSR count). The maximum absolute atomic E-state index is 13.1. The Morgan fingerprint density at radius 3 is 2.57 bits per heavy atom. The molecule has 0 N–H and O–H groups in total. The minimum Gasteiger partial charge on any atom is -0.457 e. The molecule has 6 atom stereocenters. The van der Waals surface area contributed by atoms with Crippen molar-refractivity contribution in [2.75, 3.05) is 0 Å². The molecule has 0 aromatic rings. The quantitative estimate of drug-likeness (QED) is 0.541. The number of carbonyl (C=O) groups is 2. The van der Waals surface area contributed by atoms with E-state index in [0.717, 1.165) is 38.5 Å². The molecule has 0 aromatic carbocycles. The molecule has 4 aliphatic rings. The van der Waals surface area contributed by atoms with Gasteiger partial charge in [0.2, 0.25) is 0 Å². The zero-order chi connectivity index (χ0) is 16.7. The van der Waals surface area contributed by atoms with Crippen LogP contribution in [0.3, 0.4) is 0 Å². The van der Waals surface area contributed by atoms with Gasteiger partial charge in [0, 0.05) is 11.8 Å². The van der Waals surface area contributed by atoms with Crippen molar-refractivity contribution >= 4 is 11.8 Å². The van der Waals surface area contributed by atoms with Gasteiger partial charge in [-0.15, -0.1) is 6.58 Å². The van der Waals surface area contributed by atoms with Crippen LogP contribution in [0.25, 0.3) is 0 Å². The van der Waals surface area contributed by atoms with Gasteiger partial charge in [0.15, 0.2) is 0 Å². The first-order valence-corrected chi connectivity index (χ1v) is 9.11. The van der Waals surface area contributed by atoms with Crippen LogP contribution in [0.2, 0.25) is 0 Å². The van der Waals surface area contributed by atoms with Gasteiger partial charge in [-0.05, 0) is 56.8 Å². The smallest absolute Gasteiger partial charge is 0.313 e. The van der Waals surface area contributed by atoms with Crippen LogP contribution in [0.5, 0.6) is 0 Å². The Morgan fingerprint density at radius 2 is 1.87 bits per heavy atom. The Bertz CT molecular complexity index is 610. The maximum atomic E-state index is 13.1. The fraction of sp³-hybridized carbons (Fsp3) is 0.800. The maximum Gasteiger partial charge on any atom is 0.313 e. The predicted octanol–water partition coefficient (Wildman–Crippen LogP) is 4.06. The van der Waals surface area contributed by atoms with E-state index in [1.165, 1.54) is 0 Å². The molecule has 3 aliphatic carbocycles. The van der Waals surface area contributed by atoms with Crippen LogP contribution in [0, 0.1) is 28.1 Å². The van der Waals surface area contributed by atoms with Crippen LogP contribution in [-0.2, 0) is 14.3 Å². The van der Waals surface area contributed by atoms with E-state index in [0.29, 0.717) is 12.3 Å². The molecule has 23 heavy (non-hydrogen) atoms. The molecule has 3 nitrogen and oxygen atoms in total. The molecular weight excluding hydrogens is 288 g/mol. The lowest BCUT2D eigenvalue weighted by Crippen LogP contribution is -2.65. The Morgan fingerprint density at radius 1 is 1.13 bits per heavy atom. The highest BCUT2D eigenvalue weighted by Crippen LogP contribution is 2.70. The number of allylic oxidation sites excluding steroid dienone is 1. The molecule has 3 heteroatoms. The summed E-state index contributed by atoms with van der Waals surface area (Å²) in [4.78, 5) is 25.8. The number of ketones is 1. The van der Waals surface area contributed by atoms with Gasteiger partial charge >= 0.3 is 5.97 Å². The summed E-state index contributed by atoms with van der Waals surface area (Å²) in [5, 5.41) is 0. The topological polar surface area (TPSA) is 43.4 Å². The van der Waals surface area contributed by atoms with Crippen LogP contribution in [-0.4, -0.2) is 17.4 Å². The van der Waals surface area contributed by atoms with E-state index in [9.17, 15) is 9.59 Å². The van der Waals surface area contributed by atoms with Gasteiger partial charge in [0.05, 0.1) is 11.3 Å². The highest BCUT2D eigenvalue weighted by atomic mass is 16.6. The van der Waals surface area contributed by atoms with Crippen LogP contribution in [0.1, 0.15) is 65.7 Å². The summed E-state index contributed by atoms with van der Waals surface area (Å²) in [5.74, 6) is 0.239. The van der Waals surface area contributed by atoms with E-state index in [1.807, 2.05) is 6.92 Å². The third kappa shape index (κ3) is 1.62. The summed E-state index contributed by atoms with van der Waals surface area (Å²) < 4.78 is 6.14. The van der Waals surface area contributed by atoms with E-state index in [4.69, 9.17) is 4.74 Å². The van der Waals surface area contributed by atoms with E-state index in [1.54, 1.807) is 0 Å². The normalized spacial score (nSPS) is 54.9. The van der Waals surface area contributed by atoms with Gasteiger partial charge in [0.1, 0.15) is 11.4 Å². The molecule has 3 saturated carbocycles. The molecule has 2 bridgehead atoms. The van der Waals surface area contributed by atoms with E-state index in [-0.39, 0.29) is 28.5 Å². The largest absolute Gasteiger partial charge is 0.457 e. The third-order valence-electron chi connectivity index (χ3n) is 8.15. The molecule has 0 radical (unpaired) electrons. The van der Waals surface area contributed by atoms with Crippen molar-refractivity contribution in [1.29, 1.82) is 0 Å². The van der Waals surface area contributed by atoms with Gasteiger partial charge in [-0.25, -0.2) is 0 Å². The van der Waals surface area contributed by atoms with Crippen molar-refractivity contribution < 1.29 is 14.3 Å². The van der Waals surface area contributed by atoms with Crippen LogP contribution < -0.4 is 0 Å². The van der Waals surface area contributed by atoms with Crippen molar-refractivity contribution in [2.45, 2.75) is 71.3 Å². The van der Waals surface area contributed by atoms with Crippen molar-refractivity contribution in [3.63, 3.8) is 0 Å². The number of rotatable bonds is 1. The second-order valence-corrected chi connectivity index (χ2v) is 9.33. The molecular formula is C20H28O3. The molecule has 4 fully saturated rings. The minimum atomic E-state index is -0.581. The van der Waals surface area contributed by atoms with E-state index >= 15 is 0 Å². The van der Waals surface area contributed by atoms with Gasteiger partial charge < -0.3 is 4.74 Å². The summed E-state index contributed by atoms with van der Waals surface area (Å²) in [6, 6.07) is 0. The van der Waals surface area contributed by atoms with Crippen LogP contribution in [0.15, 0.2) is 12.7 Å². The Hall–Kier alpha value is -1.12. The monoisotopic (exact) mass is 316 g/mol. The van der Waals surface area contributed by atoms with Crippen molar-refractivity contribution in [2.24, 2.45) is 28.1 Å². The fourth-order valence-electron chi connectivity index (χ4n) is 6.52. The minimum absolute atomic E-state index is 0.0675. The van der Waals surface area contributed by atoms with Gasteiger partial charge in [-0.2, -0.15) is 0 Å². The number of carbonyl (C=O) groups excluding carboxylic acids is 2. The molecule has 0 aromatic heterocycles. The fourth-order valence-corrected chi connectivity index (χ4v) is 6.52. The molecule has 1 aliphatic heterocycles. The van der Waals surface area contributed by atoms with Gasteiger partial charge in [-0.1, -0.05) is 19.9 Å². The summed E-state index contributed by atoms with van der Waals surface area (Å²) in [6.45, 7) is 10.5. The van der Waals surface area contributed by atoms with Gasteiger partial charge in [-0.3, -0.25) is 9.59 Å². The Kier molecular flexibility index (Phi) is 2.87. The highest BCUT2D eigenvalue weighted by molar-refractivity contribution is 5.95. The number of fused-ring (bicyclic) bond motifs is 1. The first-order chi connectivity index (χ1) is 10.7. The average molecular weight is 316 g/mol. The zero-order valence-electron chi connectivity index (χ0n) is 14.6. The SMILES string of the molecule is C=CC1(C)CCC2(C)C(CC(=O)C3C4(C)CCCC32OC4=O)C1. The van der Waals surface area contributed by atoms with Crippen LogP contribution in [0.4, 0.5) is 0 Å². The number of hydrogen-bond donors (Lipinski definition) is 0. The number of esters is 1. The Balaban J connectivity index is 1.83. The zero-order valence-corrected chi connectivity index (χ0v) is 14.6. The molecule has 1 saturated heterocycles. The lowest BCUT2D eigenvalue weighted by Gasteiger charge is -2.61. The number of Topliss-reactive ketones (excluding diaryl/α,β-unsaturated/α-hetero) is 1. The standard InChI is InChI=1S/C20H28O3/c1-5-17(2)9-10-19(4)13(12-17)11-14(21)15-18(3)7-6-8-20(15,19)23-16(18)22/h5,13,15H,1,6-12H2,2-4H3. The van der Waals surface area contributed by atoms with Gasteiger partial charge in [0.25, 0.3) is 0 Å². The third-order valence-corrected chi connectivity index (χ3v) is 8.15. The highest BCUT2D eigenvalue weighted by Gasteiger charge is 2.76. The van der Waals surface area contributed by atoms with E-state index in [2.05, 4.69) is 26.5 Å². The first kappa shape index (κ1) is 15.4. The first-order valence-electron chi connectivity index (χ1n) is 9.11. The molecule has 0 amide bonds. The van der Waals surface area contributed by atoms with E-state index < -0.39 is 11.0 Å². The lowest BCUT2D eigenvalue weighted by atomic mass is 9.42. The summed E-state index contributed by atoms with van der Waals surface area (Å²) in [7, 11) is 0. The lowest BCUT2D eigenvalue weighted by molar-refractivity contribution is -0.201. The number of hydrogen-bond acceptors (Lipinski definition) is 3. The van der Waals surface area contributed by atoms with Crippen molar-refractivity contribution in [1.82, 2.24) is 0 Å². The predicted molar refractivity (Wildman–Crippen MR) is 87.6 cm³/mol. The molecule has 0 spiro atoms.